The Morgan fingerprint density at radius 1 is 1.38 bits per heavy atom. The Bertz CT molecular complexity index is 695. The number of carbonyl (C=O) groups excluding carboxylic acids is 1. The Labute approximate surface area is 153 Å². The van der Waals surface area contributed by atoms with Crippen molar-refractivity contribution in [1.82, 2.24) is 20.4 Å². The third-order valence-electron chi connectivity index (χ3n) is 4.38. The van der Waals surface area contributed by atoms with Crippen LogP contribution in [0.5, 0.6) is 0 Å². The summed E-state index contributed by atoms with van der Waals surface area (Å²) in [6.07, 6.45) is 3.92. The van der Waals surface area contributed by atoms with Crippen LogP contribution in [0.4, 0.5) is 0 Å². The van der Waals surface area contributed by atoms with Gasteiger partial charge in [-0.25, -0.2) is 4.68 Å². The van der Waals surface area contributed by atoms with E-state index >= 15 is 0 Å². The van der Waals surface area contributed by atoms with E-state index in [1.165, 1.54) is 0 Å². The predicted molar refractivity (Wildman–Crippen MR) is 98.4 cm³/mol. The van der Waals surface area contributed by atoms with E-state index in [1.807, 2.05) is 24.3 Å². The highest BCUT2D eigenvalue weighted by molar-refractivity contribution is 6.30. The second-order valence-corrected chi connectivity index (χ2v) is 6.81. The van der Waals surface area contributed by atoms with E-state index in [4.69, 9.17) is 11.6 Å². The lowest BCUT2D eigenvalue weighted by Gasteiger charge is -2.34. The maximum absolute atomic E-state index is 12.3. The molecule has 1 amide bonds. The van der Waals surface area contributed by atoms with Gasteiger partial charge in [0.05, 0.1) is 5.69 Å². The summed E-state index contributed by atoms with van der Waals surface area (Å²) in [4.78, 5) is 12.3. The van der Waals surface area contributed by atoms with E-state index in [9.17, 15) is 4.79 Å². The van der Waals surface area contributed by atoms with E-state index in [-0.39, 0.29) is 23.7 Å². The zero-order valence-corrected chi connectivity index (χ0v) is 15.2. The highest BCUT2D eigenvalue weighted by Crippen LogP contribution is 2.26. The third-order valence-corrected chi connectivity index (χ3v) is 4.62. The number of aromatic nitrogens is 2. The predicted octanol–water partition coefficient (Wildman–Crippen LogP) is 3.07. The van der Waals surface area contributed by atoms with Gasteiger partial charge >= 0.3 is 0 Å². The topological polar surface area (TPSA) is 59.0 Å². The largest absolute Gasteiger partial charge is 0.350 e. The van der Waals surface area contributed by atoms with Crippen molar-refractivity contribution >= 4 is 29.9 Å². The number of hydrogen-bond acceptors (Lipinski definition) is 3. The molecule has 1 saturated heterocycles. The Kier molecular flexibility index (Phi) is 6.27. The Morgan fingerprint density at radius 2 is 2.12 bits per heavy atom. The minimum absolute atomic E-state index is 0. The number of amides is 1. The molecule has 1 aromatic heterocycles. The van der Waals surface area contributed by atoms with Crippen LogP contribution in [0.25, 0.3) is 5.69 Å². The average Bonchev–Trinajstić information content (AvgIpc) is 3.03. The number of nitrogens with zero attached hydrogens (tertiary/aromatic N) is 2. The van der Waals surface area contributed by atoms with Gasteiger partial charge in [0.15, 0.2) is 5.69 Å². The van der Waals surface area contributed by atoms with Crippen LogP contribution in [0.15, 0.2) is 36.5 Å². The van der Waals surface area contributed by atoms with Gasteiger partial charge in [-0.2, -0.15) is 5.10 Å². The molecule has 0 unspecified atom stereocenters. The van der Waals surface area contributed by atoms with Crippen LogP contribution >= 0.6 is 24.0 Å². The molecule has 1 aliphatic rings. The van der Waals surface area contributed by atoms with Crippen molar-refractivity contribution in [3.8, 4) is 5.69 Å². The lowest BCUT2D eigenvalue weighted by molar-refractivity contribution is 0.0917. The molecule has 24 heavy (non-hydrogen) atoms. The van der Waals surface area contributed by atoms with Crippen molar-refractivity contribution in [1.29, 1.82) is 0 Å². The number of benzene rings is 1. The third kappa shape index (κ3) is 4.50. The van der Waals surface area contributed by atoms with Crippen LogP contribution in [-0.4, -0.2) is 35.3 Å². The highest BCUT2D eigenvalue weighted by atomic mass is 35.5. The number of rotatable bonds is 4. The first-order valence-corrected chi connectivity index (χ1v) is 8.24. The maximum atomic E-state index is 12.3. The zero-order valence-electron chi connectivity index (χ0n) is 13.6. The molecule has 1 aliphatic heterocycles. The molecule has 130 valence electrons. The second-order valence-electron chi connectivity index (χ2n) is 6.37. The molecular formula is C17H22Cl2N4O. The highest BCUT2D eigenvalue weighted by Gasteiger charge is 2.27. The van der Waals surface area contributed by atoms with Crippen LogP contribution < -0.4 is 10.6 Å². The van der Waals surface area contributed by atoms with Crippen molar-refractivity contribution in [2.24, 2.45) is 5.41 Å². The van der Waals surface area contributed by atoms with Crippen LogP contribution in [-0.2, 0) is 0 Å². The first kappa shape index (κ1) is 18.8. The Hall–Kier alpha value is -1.56. The molecule has 0 spiro atoms. The first-order valence-electron chi connectivity index (χ1n) is 7.86. The van der Waals surface area contributed by atoms with Crippen molar-refractivity contribution in [2.45, 2.75) is 19.8 Å². The molecule has 0 saturated carbocycles. The summed E-state index contributed by atoms with van der Waals surface area (Å²) >= 11 is 5.99. The van der Waals surface area contributed by atoms with E-state index in [0.717, 1.165) is 31.6 Å². The lowest BCUT2D eigenvalue weighted by atomic mass is 9.81. The molecule has 0 bridgehead atoms. The van der Waals surface area contributed by atoms with Crippen molar-refractivity contribution < 1.29 is 4.79 Å². The molecule has 7 heteroatoms. The van der Waals surface area contributed by atoms with Gasteiger partial charge in [0.1, 0.15) is 0 Å². The van der Waals surface area contributed by atoms with Gasteiger partial charge in [-0.15, -0.1) is 12.4 Å². The van der Waals surface area contributed by atoms with Gasteiger partial charge in [-0.3, -0.25) is 4.79 Å². The summed E-state index contributed by atoms with van der Waals surface area (Å²) in [5, 5.41) is 11.3. The van der Waals surface area contributed by atoms with Crippen LogP contribution in [0.2, 0.25) is 5.02 Å². The first-order chi connectivity index (χ1) is 11.1. The van der Waals surface area contributed by atoms with Crippen LogP contribution in [0.1, 0.15) is 30.3 Å². The number of hydrogen-bond donors (Lipinski definition) is 2. The SMILES string of the molecule is CC1(CNC(=O)c2ccn(-c3cccc(Cl)c3)n2)CCNCC1.Cl. The summed E-state index contributed by atoms with van der Waals surface area (Å²) in [5.41, 5.74) is 1.42. The Balaban J connectivity index is 0.00000208. The molecule has 0 radical (unpaired) electrons. The summed E-state index contributed by atoms with van der Waals surface area (Å²) in [7, 11) is 0. The minimum atomic E-state index is -0.134. The fourth-order valence-electron chi connectivity index (χ4n) is 2.80. The van der Waals surface area contributed by atoms with Crippen molar-refractivity contribution in [2.75, 3.05) is 19.6 Å². The molecule has 2 N–H and O–H groups in total. The second kappa shape index (κ2) is 8.01. The van der Waals surface area contributed by atoms with E-state index < -0.39 is 0 Å². The molecule has 1 fully saturated rings. The molecule has 5 nitrogen and oxygen atoms in total. The quantitative estimate of drug-likeness (QED) is 0.871. The zero-order chi connectivity index (χ0) is 16.3. The number of halogens is 2. The van der Waals surface area contributed by atoms with Gasteiger partial charge in [0, 0.05) is 17.8 Å². The van der Waals surface area contributed by atoms with Crippen LogP contribution in [0, 0.1) is 5.41 Å². The van der Waals surface area contributed by atoms with Gasteiger partial charge in [-0.05, 0) is 55.6 Å². The summed E-state index contributed by atoms with van der Waals surface area (Å²) in [6.45, 7) is 4.92. The Morgan fingerprint density at radius 3 is 2.83 bits per heavy atom. The summed E-state index contributed by atoms with van der Waals surface area (Å²) in [5.74, 6) is -0.134. The normalized spacial score (nSPS) is 16.2. The number of nitrogens with one attached hydrogen (secondary N) is 2. The standard InChI is InChI=1S/C17H21ClN4O.ClH/c1-17(6-8-19-9-7-17)12-20-16(23)15-5-10-22(21-15)14-4-2-3-13(18)11-14;/h2-5,10-11,19H,6-9,12H2,1H3,(H,20,23);1H. The molecule has 2 heterocycles. The fourth-order valence-corrected chi connectivity index (χ4v) is 2.98. The monoisotopic (exact) mass is 368 g/mol. The fraction of sp³-hybridized carbons (Fsp3) is 0.412. The van der Waals surface area contributed by atoms with Crippen molar-refractivity contribution in [3.63, 3.8) is 0 Å². The van der Waals surface area contributed by atoms with Gasteiger partial charge in [0.25, 0.3) is 5.91 Å². The minimum Gasteiger partial charge on any atom is -0.350 e. The maximum Gasteiger partial charge on any atom is 0.271 e. The summed E-state index contributed by atoms with van der Waals surface area (Å²) < 4.78 is 1.66. The smallest absolute Gasteiger partial charge is 0.271 e. The van der Waals surface area contributed by atoms with E-state index in [1.54, 1.807) is 16.9 Å². The number of piperidine rings is 1. The van der Waals surface area contributed by atoms with Crippen molar-refractivity contribution in [3.05, 3.63) is 47.2 Å². The molecule has 2 aromatic rings. The molecule has 0 atom stereocenters. The van der Waals surface area contributed by atoms with E-state index in [0.29, 0.717) is 17.3 Å². The van der Waals surface area contributed by atoms with Gasteiger partial charge < -0.3 is 10.6 Å². The van der Waals surface area contributed by atoms with Crippen LogP contribution in [0.3, 0.4) is 0 Å². The van der Waals surface area contributed by atoms with E-state index in [2.05, 4.69) is 22.7 Å². The molecule has 3 rings (SSSR count). The molecule has 1 aromatic carbocycles. The molecule has 0 aliphatic carbocycles. The summed E-state index contributed by atoms with van der Waals surface area (Å²) in [6, 6.07) is 9.10. The molecular weight excluding hydrogens is 347 g/mol. The van der Waals surface area contributed by atoms with Gasteiger partial charge in [-0.1, -0.05) is 24.6 Å². The average molecular weight is 369 g/mol. The lowest BCUT2D eigenvalue weighted by Crippen LogP contribution is -2.43. The number of carbonyl (C=O) groups is 1. The van der Waals surface area contributed by atoms with Gasteiger partial charge in [0.2, 0.25) is 0 Å².